The lowest BCUT2D eigenvalue weighted by atomic mass is 9.79. The number of halogens is 1. The third-order valence-corrected chi connectivity index (χ3v) is 5.56. The minimum Gasteiger partial charge on any atom is -0.356 e. The fourth-order valence-electron chi connectivity index (χ4n) is 3.63. The van der Waals surface area contributed by atoms with Gasteiger partial charge in [-0.3, -0.25) is 4.99 Å². The molecule has 0 amide bonds. The van der Waals surface area contributed by atoms with Crippen LogP contribution in [-0.4, -0.2) is 36.2 Å². The van der Waals surface area contributed by atoms with Crippen molar-refractivity contribution in [3.63, 3.8) is 0 Å². The highest BCUT2D eigenvalue weighted by Gasteiger charge is 2.35. The van der Waals surface area contributed by atoms with E-state index in [1.54, 1.807) is 7.05 Å². The fraction of sp³-hybridized carbons (Fsp3) is 0.526. The van der Waals surface area contributed by atoms with Crippen molar-refractivity contribution in [2.75, 3.05) is 20.1 Å². The SMILES string of the molecule is CN=C(NCCc1nc(C)no1)NCC1(c2ccc(Br)cc2)CCCC1. The average Bonchev–Trinajstić information content (AvgIpc) is 3.28. The Morgan fingerprint density at radius 2 is 1.96 bits per heavy atom. The van der Waals surface area contributed by atoms with Crippen molar-refractivity contribution in [3.05, 3.63) is 46.0 Å². The predicted molar refractivity (Wildman–Crippen MR) is 106 cm³/mol. The van der Waals surface area contributed by atoms with Gasteiger partial charge in [0.05, 0.1) is 0 Å². The van der Waals surface area contributed by atoms with Crippen molar-refractivity contribution < 1.29 is 4.52 Å². The van der Waals surface area contributed by atoms with Crippen molar-refractivity contribution in [2.45, 2.75) is 44.4 Å². The number of aliphatic imine (C=N–C) groups is 1. The monoisotopic (exact) mass is 419 g/mol. The molecule has 1 heterocycles. The van der Waals surface area contributed by atoms with Gasteiger partial charge in [0.1, 0.15) is 0 Å². The number of rotatable bonds is 6. The Kier molecular flexibility index (Phi) is 6.29. The van der Waals surface area contributed by atoms with Crippen LogP contribution in [0.2, 0.25) is 0 Å². The molecule has 1 fully saturated rings. The summed E-state index contributed by atoms with van der Waals surface area (Å²) in [4.78, 5) is 8.56. The zero-order valence-electron chi connectivity index (χ0n) is 15.4. The predicted octanol–water partition coefficient (Wildman–Crippen LogP) is 3.36. The standard InChI is InChI=1S/C19H26BrN5O/c1-14-24-17(26-25-14)9-12-22-18(21-2)23-13-19(10-3-4-11-19)15-5-7-16(20)8-6-15/h5-8H,3-4,9-13H2,1-2H3,(H2,21,22,23). The number of aromatic nitrogens is 2. The van der Waals surface area contributed by atoms with E-state index < -0.39 is 0 Å². The number of nitrogens with zero attached hydrogens (tertiary/aromatic N) is 3. The molecule has 0 unspecified atom stereocenters. The van der Waals surface area contributed by atoms with Gasteiger partial charge in [0.2, 0.25) is 5.89 Å². The van der Waals surface area contributed by atoms with Gasteiger partial charge in [-0.15, -0.1) is 0 Å². The van der Waals surface area contributed by atoms with Crippen molar-refractivity contribution in [1.82, 2.24) is 20.8 Å². The number of nitrogens with one attached hydrogen (secondary N) is 2. The van der Waals surface area contributed by atoms with Crippen LogP contribution in [0.3, 0.4) is 0 Å². The van der Waals surface area contributed by atoms with E-state index in [0.717, 1.165) is 17.0 Å². The van der Waals surface area contributed by atoms with Crippen LogP contribution < -0.4 is 10.6 Å². The highest BCUT2D eigenvalue weighted by atomic mass is 79.9. The van der Waals surface area contributed by atoms with Crippen LogP contribution in [0.1, 0.15) is 43.0 Å². The molecule has 0 radical (unpaired) electrons. The zero-order valence-corrected chi connectivity index (χ0v) is 17.0. The Labute approximate surface area is 163 Å². The molecule has 6 nitrogen and oxygen atoms in total. The molecule has 7 heteroatoms. The first-order chi connectivity index (χ1) is 12.6. The van der Waals surface area contributed by atoms with Crippen LogP contribution in [-0.2, 0) is 11.8 Å². The number of aryl methyl sites for hydroxylation is 1. The van der Waals surface area contributed by atoms with Crippen molar-refractivity contribution >= 4 is 21.9 Å². The summed E-state index contributed by atoms with van der Waals surface area (Å²) in [6, 6.07) is 8.75. The van der Waals surface area contributed by atoms with Crippen molar-refractivity contribution in [3.8, 4) is 0 Å². The third kappa shape index (κ3) is 4.63. The number of hydrogen-bond donors (Lipinski definition) is 2. The summed E-state index contributed by atoms with van der Waals surface area (Å²) in [5, 5.41) is 10.7. The summed E-state index contributed by atoms with van der Waals surface area (Å²) in [5.74, 6) is 2.12. The molecule has 1 aromatic carbocycles. The van der Waals surface area contributed by atoms with E-state index in [1.807, 2.05) is 6.92 Å². The molecule has 3 rings (SSSR count). The second kappa shape index (κ2) is 8.66. The molecule has 0 spiro atoms. The number of guanidine groups is 1. The lowest BCUT2D eigenvalue weighted by Gasteiger charge is -2.31. The van der Waals surface area contributed by atoms with Crippen LogP contribution in [0, 0.1) is 6.92 Å². The van der Waals surface area contributed by atoms with Crippen LogP contribution in [0.15, 0.2) is 38.3 Å². The van der Waals surface area contributed by atoms with Gasteiger partial charge in [-0.2, -0.15) is 4.98 Å². The van der Waals surface area contributed by atoms with Gasteiger partial charge < -0.3 is 15.2 Å². The first kappa shape index (κ1) is 18.9. The highest BCUT2D eigenvalue weighted by Crippen LogP contribution is 2.40. The topological polar surface area (TPSA) is 75.3 Å². The van der Waals surface area contributed by atoms with Crippen LogP contribution in [0.25, 0.3) is 0 Å². The lowest BCUT2D eigenvalue weighted by Crippen LogP contribution is -2.45. The molecule has 0 saturated heterocycles. The third-order valence-electron chi connectivity index (χ3n) is 5.04. The Morgan fingerprint density at radius 1 is 1.23 bits per heavy atom. The van der Waals surface area contributed by atoms with Crippen LogP contribution in [0.5, 0.6) is 0 Å². The molecular weight excluding hydrogens is 394 g/mol. The van der Waals surface area contributed by atoms with Gasteiger partial charge >= 0.3 is 0 Å². The maximum absolute atomic E-state index is 5.14. The minimum absolute atomic E-state index is 0.182. The fourth-order valence-corrected chi connectivity index (χ4v) is 3.89. The molecule has 1 aliphatic rings. The maximum atomic E-state index is 5.14. The van der Waals surface area contributed by atoms with Crippen LogP contribution in [0.4, 0.5) is 0 Å². The molecule has 0 atom stereocenters. The average molecular weight is 420 g/mol. The lowest BCUT2D eigenvalue weighted by molar-refractivity contribution is 0.374. The van der Waals surface area contributed by atoms with Gasteiger partial charge in [-0.1, -0.05) is 46.1 Å². The minimum atomic E-state index is 0.182. The van der Waals surface area contributed by atoms with Crippen molar-refractivity contribution in [1.29, 1.82) is 0 Å². The zero-order chi connectivity index (χ0) is 18.4. The molecule has 0 bridgehead atoms. The number of hydrogen-bond acceptors (Lipinski definition) is 4. The Bertz CT molecular complexity index is 735. The largest absolute Gasteiger partial charge is 0.356 e. The quantitative estimate of drug-likeness (QED) is 0.554. The molecule has 2 aromatic rings. The van der Waals surface area contributed by atoms with E-state index >= 15 is 0 Å². The van der Waals surface area contributed by atoms with Gasteiger partial charge in [-0.05, 0) is 37.5 Å². The molecule has 1 saturated carbocycles. The van der Waals surface area contributed by atoms with E-state index in [1.165, 1.54) is 31.2 Å². The second-order valence-electron chi connectivity index (χ2n) is 6.83. The van der Waals surface area contributed by atoms with E-state index in [9.17, 15) is 0 Å². The van der Waals surface area contributed by atoms with E-state index in [0.29, 0.717) is 24.7 Å². The second-order valence-corrected chi connectivity index (χ2v) is 7.75. The molecule has 1 aromatic heterocycles. The summed E-state index contributed by atoms with van der Waals surface area (Å²) >= 11 is 3.53. The summed E-state index contributed by atoms with van der Waals surface area (Å²) < 4.78 is 6.26. The first-order valence-electron chi connectivity index (χ1n) is 9.11. The maximum Gasteiger partial charge on any atom is 0.228 e. The van der Waals surface area contributed by atoms with E-state index in [-0.39, 0.29) is 5.41 Å². The summed E-state index contributed by atoms with van der Waals surface area (Å²) in [6.45, 7) is 3.41. The highest BCUT2D eigenvalue weighted by molar-refractivity contribution is 9.10. The van der Waals surface area contributed by atoms with Crippen LogP contribution >= 0.6 is 15.9 Å². The summed E-state index contributed by atoms with van der Waals surface area (Å²) in [7, 11) is 1.80. The Morgan fingerprint density at radius 3 is 2.58 bits per heavy atom. The molecule has 1 aliphatic carbocycles. The van der Waals surface area contributed by atoms with E-state index in [4.69, 9.17) is 4.52 Å². The molecule has 0 aliphatic heterocycles. The molecule has 2 N–H and O–H groups in total. The molecular formula is C19H26BrN5O. The molecule has 26 heavy (non-hydrogen) atoms. The number of benzene rings is 1. The van der Waals surface area contributed by atoms with Gasteiger partial charge in [-0.25, -0.2) is 0 Å². The van der Waals surface area contributed by atoms with E-state index in [2.05, 4.69) is 66.0 Å². The summed E-state index contributed by atoms with van der Waals surface area (Å²) in [5.41, 5.74) is 1.59. The normalized spacial score (nSPS) is 16.7. The molecule has 140 valence electrons. The van der Waals surface area contributed by atoms with Gasteiger partial charge in [0.25, 0.3) is 0 Å². The Hall–Kier alpha value is -1.89. The smallest absolute Gasteiger partial charge is 0.228 e. The first-order valence-corrected chi connectivity index (χ1v) is 9.90. The van der Waals surface area contributed by atoms with Gasteiger partial charge in [0.15, 0.2) is 11.8 Å². The Balaban J connectivity index is 1.56. The van der Waals surface area contributed by atoms with Gasteiger partial charge in [0, 0.05) is 36.4 Å². The van der Waals surface area contributed by atoms with Crippen molar-refractivity contribution in [2.24, 2.45) is 4.99 Å². The summed E-state index contributed by atoms with van der Waals surface area (Å²) in [6.07, 6.45) is 5.65.